The molecular weight excluding hydrogens is 528 g/mol. The van der Waals surface area contributed by atoms with Gasteiger partial charge in [0.1, 0.15) is 11.6 Å². The van der Waals surface area contributed by atoms with Crippen LogP contribution in [0.25, 0.3) is 6.08 Å². The van der Waals surface area contributed by atoms with Crippen LogP contribution >= 0.6 is 23.1 Å². The van der Waals surface area contributed by atoms with E-state index in [1.165, 1.54) is 57.4 Å². The number of anilines is 1. The molecule has 36 heavy (non-hydrogen) atoms. The zero-order valence-electron chi connectivity index (χ0n) is 19.2. The molecule has 186 valence electrons. The summed E-state index contributed by atoms with van der Waals surface area (Å²) in [5.41, 5.74) is 0.409. The molecule has 1 aromatic heterocycles. The number of esters is 1. The van der Waals surface area contributed by atoms with Crippen LogP contribution in [0, 0.1) is 11.3 Å². The van der Waals surface area contributed by atoms with E-state index >= 15 is 0 Å². The van der Waals surface area contributed by atoms with E-state index in [-0.39, 0.29) is 27.8 Å². The van der Waals surface area contributed by atoms with E-state index in [2.05, 4.69) is 14.7 Å². The first-order valence-electron chi connectivity index (χ1n) is 10.2. The van der Waals surface area contributed by atoms with Crippen molar-refractivity contribution in [2.75, 3.05) is 12.4 Å². The van der Waals surface area contributed by atoms with Gasteiger partial charge in [-0.1, -0.05) is 17.7 Å². The third-order valence-corrected chi connectivity index (χ3v) is 7.58. The number of rotatable bonds is 8. The summed E-state index contributed by atoms with van der Waals surface area (Å²) < 4.78 is 38.8. The zero-order chi connectivity index (χ0) is 26.5. The molecule has 0 bridgehead atoms. The number of sulfone groups is 1. The molecule has 1 amide bonds. The highest BCUT2D eigenvalue weighted by molar-refractivity contribution is 7.91. The first-order valence-corrected chi connectivity index (χ1v) is 12.9. The van der Waals surface area contributed by atoms with Crippen molar-refractivity contribution >= 4 is 56.1 Å². The summed E-state index contributed by atoms with van der Waals surface area (Å²) in [5.74, 6) is -1.11. The van der Waals surface area contributed by atoms with Crippen LogP contribution in [0.3, 0.4) is 0 Å². The van der Waals surface area contributed by atoms with Crippen molar-refractivity contribution in [3.63, 3.8) is 0 Å². The predicted octanol–water partition coefficient (Wildman–Crippen LogP) is 4.15. The normalized spacial score (nSPS) is 11.6. The van der Waals surface area contributed by atoms with Crippen LogP contribution in [0.15, 0.2) is 53.2 Å². The minimum absolute atomic E-state index is 0.0672. The number of hydrogen-bond donors (Lipinski definition) is 1. The topological polar surface area (TPSA) is 148 Å². The van der Waals surface area contributed by atoms with Crippen LogP contribution in [0.5, 0.6) is 11.5 Å². The molecule has 0 aliphatic carbocycles. The molecule has 0 aliphatic heterocycles. The largest absolute Gasteiger partial charge is 0.493 e. The predicted molar refractivity (Wildman–Crippen MR) is 134 cm³/mol. The number of aromatic nitrogens is 2. The number of nitrogens with one attached hydrogen (secondary N) is 1. The highest BCUT2D eigenvalue weighted by Gasteiger charge is 2.25. The van der Waals surface area contributed by atoms with Gasteiger partial charge in [0.25, 0.3) is 11.1 Å². The number of nitriles is 1. The second kappa shape index (κ2) is 11.3. The number of carbonyl (C=O) groups excluding carboxylic acids is 2. The van der Waals surface area contributed by atoms with Crippen LogP contribution in [-0.2, 0) is 14.6 Å². The monoisotopic (exact) mass is 546 g/mol. The summed E-state index contributed by atoms with van der Waals surface area (Å²) in [7, 11) is -2.33. The third-order valence-electron chi connectivity index (χ3n) is 4.65. The number of hydrogen-bond acceptors (Lipinski definition) is 10. The molecular formula is C23H19ClN4O6S2. The first-order chi connectivity index (χ1) is 17.0. The van der Waals surface area contributed by atoms with E-state index in [0.29, 0.717) is 22.1 Å². The van der Waals surface area contributed by atoms with Gasteiger partial charge in [-0.05, 0) is 61.9 Å². The van der Waals surface area contributed by atoms with Gasteiger partial charge in [0.05, 0.1) is 17.9 Å². The van der Waals surface area contributed by atoms with Crippen molar-refractivity contribution < 1.29 is 27.5 Å². The van der Waals surface area contributed by atoms with Gasteiger partial charge in [-0.2, -0.15) is 14.6 Å². The number of ether oxygens (including phenoxy) is 2. The highest BCUT2D eigenvalue weighted by atomic mass is 35.5. The number of nitrogens with zero attached hydrogens (tertiary/aromatic N) is 3. The van der Waals surface area contributed by atoms with Gasteiger partial charge in [-0.15, -0.1) is 0 Å². The SMILES string of the molecule is COc1cc(/C=C(/C#N)C(=O)Nc2nc(S(=O)(=O)C(C)C)ns2)ccc1OC(=O)c1ccc(Cl)cc1. The molecule has 0 radical (unpaired) electrons. The summed E-state index contributed by atoms with van der Waals surface area (Å²) >= 11 is 6.52. The molecule has 0 unspecified atom stereocenters. The highest BCUT2D eigenvalue weighted by Crippen LogP contribution is 2.30. The molecule has 0 saturated carbocycles. The second-order valence-corrected chi connectivity index (χ2v) is 11.0. The van der Waals surface area contributed by atoms with Crippen LogP contribution in [-0.4, -0.2) is 42.0 Å². The molecule has 0 aliphatic rings. The molecule has 1 heterocycles. The number of methoxy groups -OCH3 is 1. The lowest BCUT2D eigenvalue weighted by Crippen LogP contribution is -2.16. The Morgan fingerprint density at radius 1 is 1.17 bits per heavy atom. The van der Waals surface area contributed by atoms with E-state index in [4.69, 9.17) is 21.1 Å². The van der Waals surface area contributed by atoms with Crippen LogP contribution in [0.4, 0.5) is 5.13 Å². The molecule has 10 nitrogen and oxygen atoms in total. The summed E-state index contributed by atoms with van der Waals surface area (Å²) in [4.78, 5) is 28.8. The quantitative estimate of drug-likeness (QED) is 0.190. The summed E-state index contributed by atoms with van der Waals surface area (Å²) in [6.45, 7) is 2.98. The fourth-order valence-corrected chi connectivity index (χ4v) is 4.49. The van der Waals surface area contributed by atoms with E-state index in [9.17, 15) is 23.3 Å². The third kappa shape index (κ3) is 6.25. The zero-order valence-corrected chi connectivity index (χ0v) is 21.6. The Morgan fingerprint density at radius 3 is 2.47 bits per heavy atom. The Hall–Kier alpha value is -3.79. The first kappa shape index (κ1) is 26.8. The van der Waals surface area contributed by atoms with Crippen LogP contribution < -0.4 is 14.8 Å². The van der Waals surface area contributed by atoms with Gasteiger partial charge in [-0.3, -0.25) is 10.1 Å². The van der Waals surface area contributed by atoms with Crippen LogP contribution in [0.2, 0.25) is 5.02 Å². The smallest absolute Gasteiger partial charge is 0.343 e. The fourth-order valence-electron chi connectivity index (χ4n) is 2.67. The van der Waals surface area contributed by atoms with Crippen LogP contribution in [0.1, 0.15) is 29.8 Å². The minimum Gasteiger partial charge on any atom is -0.493 e. The van der Waals surface area contributed by atoms with Crippen molar-refractivity contribution in [2.24, 2.45) is 0 Å². The standard InChI is InChI=1S/C23H19ClN4O6S2/c1-13(2)36(31,32)23-27-22(35-28-23)26-20(29)16(12-25)10-14-4-9-18(19(11-14)33-3)34-21(30)15-5-7-17(24)8-6-15/h4-11,13H,1-3H3,(H,26,27,28,29)/b16-10-. The number of benzene rings is 2. The van der Waals surface area contributed by atoms with E-state index in [0.717, 1.165) is 0 Å². The average Bonchev–Trinajstić information content (AvgIpc) is 3.32. The Kier molecular flexibility index (Phi) is 8.41. The fraction of sp³-hybridized carbons (Fsp3) is 0.174. The van der Waals surface area contributed by atoms with Gasteiger partial charge in [-0.25, -0.2) is 13.2 Å². The van der Waals surface area contributed by atoms with Crippen molar-refractivity contribution in [3.05, 3.63) is 64.2 Å². The molecule has 0 fully saturated rings. The van der Waals surface area contributed by atoms with Gasteiger partial charge in [0.15, 0.2) is 11.5 Å². The second-order valence-electron chi connectivity index (χ2n) is 7.41. The molecule has 0 atom stereocenters. The summed E-state index contributed by atoms with van der Waals surface area (Å²) in [6.07, 6.45) is 1.29. The molecule has 13 heteroatoms. The summed E-state index contributed by atoms with van der Waals surface area (Å²) in [6, 6.07) is 12.4. The van der Waals surface area contributed by atoms with Gasteiger partial charge in [0, 0.05) is 16.6 Å². The maximum atomic E-state index is 12.6. The molecule has 3 rings (SSSR count). The maximum absolute atomic E-state index is 12.6. The van der Waals surface area contributed by atoms with Gasteiger partial charge >= 0.3 is 5.97 Å². The lowest BCUT2D eigenvalue weighted by Gasteiger charge is -2.10. The average molecular weight is 547 g/mol. The Balaban J connectivity index is 1.78. The Morgan fingerprint density at radius 2 is 1.86 bits per heavy atom. The summed E-state index contributed by atoms with van der Waals surface area (Å²) in [5, 5.41) is 11.1. The Bertz CT molecular complexity index is 1470. The van der Waals surface area contributed by atoms with Crippen molar-refractivity contribution in [1.29, 1.82) is 5.26 Å². The molecule has 0 spiro atoms. The van der Waals surface area contributed by atoms with Gasteiger partial charge in [0.2, 0.25) is 15.0 Å². The lowest BCUT2D eigenvalue weighted by molar-refractivity contribution is -0.112. The van der Waals surface area contributed by atoms with Gasteiger partial charge < -0.3 is 9.47 Å². The van der Waals surface area contributed by atoms with E-state index < -0.39 is 32.1 Å². The van der Waals surface area contributed by atoms with E-state index in [1.54, 1.807) is 18.2 Å². The van der Waals surface area contributed by atoms with Crippen molar-refractivity contribution in [3.8, 4) is 17.6 Å². The molecule has 3 aromatic rings. The number of halogens is 1. The minimum atomic E-state index is -3.70. The van der Waals surface area contributed by atoms with E-state index in [1.807, 2.05) is 0 Å². The number of amides is 1. The molecule has 2 aromatic carbocycles. The van der Waals surface area contributed by atoms with Crippen molar-refractivity contribution in [2.45, 2.75) is 24.3 Å². The Labute approximate surface area is 216 Å². The number of carbonyl (C=O) groups is 2. The maximum Gasteiger partial charge on any atom is 0.343 e. The molecule has 1 N–H and O–H groups in total. The van der Waals surface area contributed by atoms with Crippen molar-refractivity contribution in [1.82, 2.24) is 9.36 Å². The lowest BCUT2D eigenvalue weighted by atomic mass is 10.1. The molecule has 0 saturated heterocycles.